The molecule has 0 bridgehead atoms. The molecule has 0 saturated carbocycles. The van der Waals surface area contributed by atoms with E-state index in [4.69, 9.17) is 4.74 Å². The molecular weight excluding hydrogens is 280 g/mol. The van der Waals surface area contributed by atoms with Crippen LogP contribution in [0.2, 0.25) is 0 Å². The molecule has 22 heavy (non-hydrogen) atoms. The van der Waals surface area contributed by atoms with Gasteiger partial charge in [-0.25, -0.2) is 4.98 Å². The number of ether oxygens (including phenoxy) is 1. The van der Waals surface area contributed by atoms with Crippen molar-refractivity contribution < 1.29 is 4.74 Å². The molecule has 2 N–H and O–H groups in total. The van der Waals surface area contributed by atoms with Gasteiger partial charge in [0, 0.05) is 44.7 Å². The third kappa shape index (κ3) is 4.81. The predicted molar refractivity (Wildman–Crippen MR) is 88.4 cm³/mol. The van der Waals surface area contributed by atoms with E-state index in [1.165, 1.54) is 12.8 Å². The van der Waals surface area contributed by atoms with Crippen LogP contribution in [0.1, 0.15) is 39.0 Å². The molecule has 124 valence electrons. The fraction of sp³-hybridized carbons (Fsp3) is 0.750. The smallest absolute Gasteiger partial charge is 0.290 e. The highest BCUT2D eigenvalue weighted by atomic mass is 16.5. The summed E-state index contributed by atoms with van der Waals surface area (Å²) in [5.41, 5.74) is -0.109. The van der Waals surface area contributed by atoms with Gasteiger partial charge in [0.1, 0.15) is 0 Å². The van der Waals surface area contributed by atoms with Gasteiger partial charge < -0.3 is 19.9 Å². The van der Waals surface area contributed by atoms with Gasteiger partial charge in [-0.2, -0.15) is 0 Å². The summed E-state index contributed by atoms with van der Waals surface area (Å²) in [5.74, 6) is 0.533. The third-order valence-corrected chi connectivity index (χ3v) is 4.16. The molecule has 2 rings (SSSR count). The summed E-state index contributed by atoms with van der Waals surface area (Å²) in [6.07, 6.45) is 8.95. The van der Waals surface area contributed by atoms with E-state index in [9.17, 15) is 4.79 Å². The number of anilines is 1. The maximum Gasteiger partial charge on any atom is 0.290 e. The molecule has 1 fully saturated rings. The van der Waals surface area contributed by atoms with Gasteiger partial charge >= 0.3 is 0 Å². The Labute approximate surface area is 132 Å². The van der Waals surface area contributed by atoms with E-state index in [1.807, 2.05) is 0 Å². The first-order valence-corrected chi connectivity index (χ1v) is 8.28. The molecule has 1 aromatic heterocycles. The Morgan fingerprint density at radius 3 is 3.18 bits per heavy atom. The van der Waals surface area contributed by atoms with Gasteiger partial charge in [0.05, 0.1) is 6.61 Å². The summed E-state index contributed by atoms with van der Waals surface area (Å²) in [6, 6.07) is 0.768. The zero-order chi connectivity index (χ0) is 15.8. The lowest BCUT2D eigenvalue weighted by Crippen LogP contribution is -2.51. The lowest BCUT2D eigenvalue weighted by atomic mass is 10.0. The number of piperidine rings is 1. The summed E-state index contributed by atoms with van der Waals surface area (Å²) in [7, 11) is 1.75. The molecule has 0 radical (unpaired) electrons. The predicted octanol–water partition coefficient (Wildman–Crippen LogP) is 1.53. The number of H-pyrrole nitrogens is 1. The third-order valence-electron chi connectivity index (χ3n) is 4.16. The topological polar surface area (TPSA) is 70.2 Å². The number of rotatable bonds is 8. The van der Waals surface area contributed by atoms with Crippen molar-refractivity contribution in [1.82, 2.24) is 15.3 Å². The van der Waals surface area contributed by atoms with E-state index in [-0.39, 0.29) is 5.56 Å². The standard InChI is InChI=1S/C16H28N4O2/c1-3-4-6-14(12-22-2)19-13-7-5-10-20(11-13)15-16(21)18-9-8-17-15/h8-9,13-14,19H,3-7,10-12H2,1-2H3,(H,18,21)/t13-,14+/m1/s1. The van der Waals surface area contributed by atoms with Crippen molar-refractivity contribution in [3.05, 3.63) is 22.7 Å². The number of aromatic amines is 1. The van der Waals surface area contributed by atoms with Crippen molar-refractivity contribution >= 4 is 5.82 Å². The normalized spacial score (nSPS) is 20.1. The van der Waals surface area contributed by atoms with Crippen molar-refractivity contribution in [1.29, 1.82) is 0 Å². The molecule has 0 aliphatic carbocycles. The van der Waals surface area contributed by atoms with E-state index < -0.39 is 0 Å². The molecule has 6 nitrogen and oxygen atoms in total. The Bertz CT molecular complexity index is 491. The maximum absolute atomic E-state index is 11.9. The Morgan fingerprint density at radius 1 is 1.59 bits per heavy atom. The van der Waals surface area contributed by atoms with Crippen LogP contribution in [0.3, 0.4) is 0 Å². The second-order valence-electron chi connectivity index (χ2n) is 5.99. The lowest BCUT2D eigenvalue weighted by molar-refractivity contribution is 0.153. The molecule has 1 aliphatic heterocycles. The minimum Gasteiger partial charge on any atom is -0.383 e. The van der Waals surface area contributed by atoms with Gasteiger partial charge in [0.2, 0.25) is 0 Å². The highest BCUT2D eigenvalue weighted by Gasteiger charge is 2.24. The molecule has 0 amide bonds. The molecule has 1 aliphatic rings. The average Bonchev–Trinajstić information content (AvgIpc) is 2.53. The average molecular weight is 308 g/mol. The Hall–Kier alpha value is -1.40. The fourth-order valence-electron chi connectivity index (χ4n) is 3.07. The van der Waals surface area contributed by atoms with E-state index in [1.54, 1.807) is 19.5 Å². The summed E-state index contributed by atoms with van der Waals surface area (Å²) in [5, 5.41) is 3.70. The number of aromatic nitrogens is 2. The van der Waals surface area contributed by atoms with Crippen molar-refractivity contribution in [2.75, 3.05) is 31.7 Å². The van der Waals surface area contributed by atoms with Crippen LogP contribution < -0.4 is 15.8 Å². The van der Waals surface area contributed by atoms with Crippen molar-refractivity contribution in [2.24, 2.45) is 0 Å². The molecule has 6 heteroatoms. The SMILES string of the molecule is CCCC[C@@H](COC)N[C@@H]1CCCN(c2ncc[nH]c2=O)C1. The van der Waals surface area contributed by atoms with Gasteiger partial charge in [-0.05, 0) is 19.3 Å². The number of nitrogens with one attached hydrogen (secondary N) is 2. The summed E-state index contributed by atoms with van der Waals surface area (Å²) in [6.45, 7) is 4.66. The van der Waals surface area contributed by atoms with Gasteiger partial charge in [-0.15, -0.1) is 0 Å². The summed E-state index contributed by atoms with van der Waals surface area (Å²) >= 11 is 0. The van der Waals surface area contributed by atoms with Gasteiger partial charge in [-0.1, -0.05) is 19.8 Å². The number of hydrogen-bond acceptors (Lipinski definition) is 5. The summed E-state index contributed by atoms with van der Waals surface area (Å²) < 4.78 is 5.33. The van der Waals surface area contributed by atoms with Crippen LogP contribution in [0.15, 0.2) is 17.2 Å². The molecule has 0 unspecified atom stereocenters. The molecule has 0 aromatic carbocycles. The van der Waals surface area contributed by atoms with E-state index >= 15 is 0 Å². The van der Waals surface area contributed by atoms with Crippen LogP contribution in [0.25, 0.3) is 0 Å². The van der Waals surface area contributed by atoms with E-state index in [2.05, 4.69) is 27.1 Å². The number of methoxy groups -OCH3 is 1. The minimum atomic E-state index is -0.109. The van der Waals surface area contributed by atoms with Crippen LogP contribution in [0, 0.1) is 0 Å². The zero-order valence-electron chi connectivity index (χ0n) is 13.7. The Morgan fingerprint density at radius 2 is 2.45 bits per heavy atom. The van der Waals surface area contributed by atoms with E-state index in [0.29, 0.717) is 17.9 Å². The van der Waals surface area contributed by atoms with Crippen molar-refractivity contribution in [3.63, 3.8) is 0 Å². The zero-order valence-corrected chi connectivity index (χ0v) is 13.7. The van der Waals surface area contributed by atoms with E-state index in [0.717, 1.165) is 39.0 Å². The molecule has 1 saturated heterocycles. The number of nitrogens with zero attached hydrogens (tertiary/aromatic N) is 2. The van der Waals surface area contributed by atoms with Crippen LogP contribution >= 0.6 is 0 Å². The molecule has 0 spiro atoms. The lowest BCUT2D eigenvalue weighted by Gasteiger charge is -2.35. The van der Waals surface area contributed by atoms with Crippen LogP contribution in [0.5, 0.6) is 0 Å². The van der Waals surface area contributed by atoms with Gasteiger partial charge in [-0.3, -0.25) is 4.79 Å². The highest BCUT2D eigenvalue weighted by molar-refractivity contribution is 5.36. The number of unbranched alkanes of at least 4 members (excludes halogenated alkanes) is 1. The largest absolute Gasteiger partial charge is 0.383 e. The molecule has 2 atom stereocenters. The van der Waals surface area contributed by atoms with Crippen LogP contribution in [0.4, 0.5) is 5.82 Å². The molecular formula is C16H28N4O2. The summed E-state index contributed by atoms with van der Waals surface area (Å²) in [4.78, 5) is 20.9. The van der Waals surface area contributed by atoms with Gasteiger partial charge in [0.25, 0.3) is 5.56 Å². The Kier molecular flexibility index (Phi) is 6.86. The monoisotopic (exact) mass is 308 g/mol. The minimum absolute atomic E-state index is 0.109. The first-order valence-electron chi connectivity index (χ1n) is 8.28. The van der Waals surface area contributed by atoms with Crippen LogP contribution in [-0.4, -0.2) is 48.9 Å². The Balaban J connectivity index is 1.94. The first kappa shape index (κ1) is 17.0. The highest BCUT2D eigenvalue weighted by Crippen LogP contribution is 2.15. The van der Waals surface area contributed by atoms with Crippen LogP contribution in [-0.2, 0) is 4.74 Å². The molecule has 2 heterocycles. The second-order valence-corrected chi connectivity index (χ2v) is 5.99. The first-order chi connectivity index (χ1) is 10.7. The fourth-order valence-corrected chi connectivity index (χ4v) is 3.07. The number of hydrogen-bond donors (Lipinski definition) is 2. The van der Waals surface area contributed by atoms with Crippen molar-refractivity contribution in [3.8, 4) is 0 Å². The van der Waals surface area contributed by atoms with Crippen molar-refractivity contribution in [2.45, 2.75) is 51.1 Å². The molecule has 1 aromatic rings. The van der Waals surface area contributed by atoms with Gasteiger partial charge in [0.15, 0.2) is 5.82 Å². The maximum atomic E-state index is 11.9. The second kappa shape index (κ2) is 8.90. The quantitative estimate of drug-likeness (QED) is 0.762.